The fourth-order valence-corrected chi connectivity index (χ4v) is 4.12. The molecule has 1 aromatic heterocycles. The molecule has 162 valence electrons. The number of carbonyl (C=O) groups is 2. The summed E-state index contributed by atoms with van der Waals surface area (Å²) >= 11 is 1.37. The Kier molecular flexibility index (Phi) is 8.00. The summed E-state index contributed by atoms with van der Waals surface area (Å²) in [6.45, 7) is 6.05. The van der Waals surface area contributed by atoms with Crippen LogP contribution >= 0.6 is 11.8 Å². The van der Waals surface area contributed by atoms with Gasteiger partial charge in [0.05, 0.1) is 11.4 Å². The van der Waals surface area contributed by atoms with Crippen molar-refractivity contribution in [3.63, 3.8) is 0 Å². The van der Waals surface area contributed by atoms with Gasteiger partial charge in [-0.25, -0.2) is 0 Å². The molecular formula is C24H28N4O2S. The first kappa shape index (κ1) is 22.7. The molecule has 1 amide bonds. The Balaban J connectivity index is 1.61. The molecule has 0 atom stereocenters. The minimum absolute atomic E-state index is 0.00260. The molecule has 31 heavy (non-hydrogen) atoms. The second kappa shape index (κ2) is 10.9. The van der Waals surface area contributed by atoms with Crippen LogP contribution in [0.15, 0.2) is 53.7 Å². The Bertz CT molecular complexity index is 1040. The Morgan fingerprint density at radius 3 is 2.45 bits per heavy atom. The number of para-hydroxylation sites is 1. The summed E-state index contributed by atoms with van der Waals surface area (Å²) < 4.78 is 1.98. The normalized spacial score (nSPS) is 10.8. The number of nitrogens with zero attached hydrogens (tertiary/aromatic N) is 3. The van der Waals surface area contributed by atoms with E-state index in [-0.39, 0.29) is 17.4 Å². The summed E-state index contributed by atoms with van der Waals surface area (Å²) in [7, 11) is 0. The molecule has 0 saturated carbocycles. The third kappa shape index (κ3) is 6.04. The fraction of sp³-hybridized carbons (Fsp3) is 0.333. The highest BCUT2D eigenvalue weighted by Gasteiger charge is 2.15. The lowest BCUT2D eigenvalue weighted by Gasteiger charge is -2.11. The zero-order chi connectivity index (χ0) is 22.2. The molecule has 0 radical (unpaired) electrons. The number of hydrogen-bond acceptors (Lipinski definition) is 5. The third-order valence-electron chi connectivity index (χ3n) is 4.98. The van der Waals surface area contributed by atoms with Crippen LogP contribution in [0.1, 0.15) is 54.4 Å². The SMILES string of the molecule is CCCCCC(=O)Nc1ccc(C(=O)CSc2nnc(C)n2-c2ccccc2C)cc1. The van der Waals surface area contributed by atoms with Crippen LogP contribution in [0.2, 0.25) is 0 Å². The second-order valence-corrected chi connectivity index (χ2v) is 8.39. The van der Waals surface area contributed by atoms with Crippen LogP contribution in [0.25, 0.3) is 5.69 Å². The highest BCUT2D eigenvalue weighted by atomic mass is 32.2. The zero-order valence-electron chi connectivity index (χ0n) is 18.2. The molecule has 3 aromatic rings. The lowest BCUT2D eigenvalue weighted by molar-refractivity contribution is -0.116. The van der Waals surface area contributed by atoms with E-state index in [1.807, 2.05) is 42.7 Å². The first-order chi connectivity index (χ1) is 15.0. The van der Waals surface area contributed by atoms with Gasteiger partial charge in [0.1, 0.15) is 5.82 Å². The van der Waals surface area contributed by atoms with Gasteiger partial charge in [0, 0.05) is 17.7 Å². The van der Waals surface area contributed by atoms with Crippen LogP contribution < -0.4 is 5.32 Å². The number of unbranched alkanes of at least 4 members (excludes halogenated alkanes) is 2. The van der Waals surface area contributed by atoms with E-state index in [0.29, 0.717) is 22.8 Å². The molecule has 0 aliphatic heterocycles. The number of ketones is 1. The monoisotopic (exact) mass is 436 g/mol. The molecule has 0 bridgehead atoms. The minimum Gasteiger partial charge on any atom is -0.326 e. The summed E-state index contributed by atoms with van der Waals surface area (Å²) in [5, 5.41) is 12.0. The molecule has 1 heterocycles. The number of hydrogen-bond donors (Lipinski definition) is 1. The van der Waals surface area contributed by atoms with Gasteiger partial charge in [0.15, 0.2) is 10.9 Å². The van der Waals surface area contributed by atoms with E-state index in [2.05, 4.69) is 22.4 Å². The summed E-state index contributed by atoms with van der Waals surface area (Å²) in [5.41, 5.74) is 3.45. The standard InChI is InChI=1S/C24H28N4O2S/c1-4-5-6-11-23(30)25-20-14-12-19(13-15-20)22(29)16-31-24-27-26-18(3)28(24)21-10-8-7-9-17(21)2/h7-10,12-15H,4-6,11,16H2,1-3H3,(H,25,30). The predicted octanol–water partition coefficient (Wildman–Crippen LogP) is 5.38. The van der Waals surface area contributed by atoms with Crippen molar-refractivity contribution in [1.82, 2.24) is 14.8 Å². The largest absolute Gasteiger partial charge is 0.326 e. The van der Waals surface area contributed by atoms with Crippen molar-refractivity contribution in [2.24, 2.45) is 0 Å². The Morgan fingerprint density at radius 2 is 1.74 bits per heavy atom. The molecule has 0 saturated heterocycles. The van der Waals surface area contributed by atoms with E-state index in [1.165, 1.54) is 11.8 Å². The van der Waals surface area contributed by atoms with E-state index >= 15 is 0 Å². The Hall–Kier alpha value is -2.93. The van der Waals surface area contributed by atoms with Gasteiger partial charge in [-0.05, 0) is 56.2 Å². The van der Waals surface area contributed by atoms with Crippen LogP contribution in [0, 0.1) is 13.8 Å². The molecule has 0 unspecified atom stereocenters. The number of aryl methyl sites for hydroxylation is 2. The molecule has 0 aliphatic rings. The van der Waals surface area contributed by atoms with Gasteiger partial charge in [0.2, 0.25) is 5.91 Å². The number of Topliss-reactive ketones (excluding diaryl/α,β-unsaturated/α-hetero) is 1. The topological polar surface area (TPSA) is 76.9 Å². The Labute approximate surface area is 187 Å². The van der Waals surface area contributed by atoms with Gasteiger partial charge in [-0.15, -0.1) is 10.2 Å². The lowest BCUT2D eigenvalue weighted by atomic mass is 10.1. The van der Waals surface area contributed by atoms with Crippen molar-refractivity contribution in [1.29, 1.82) is 0 Å². The number of amides is 1. The van der Waals surface area contributed by atoms with Crippen molar-refractivity contribution >= 4 is 29.1 Å². The van der Waals surface area contributed by atoms with Crippen LogP contribution in [0.4, 0.5) is 5.69 Å². The highest BCUT2D eigenvalue weighted by molar-refractivity contribution is 7.99. The van der Waals surface area contributed by atoms with E-state index in [0.717, 1.165) is 36.3 Å². The van der Waals surface area contributed by atoms with Gasteiger partial charge in [-0.2, -0.15) is 0 Å². The summed E-state index contributed by atoms with van der Waals surface area (Å²) in [6, 6.07) is 15.1. The zero-order valence-corrected chi connectivity index (χ0v) is 19.0. The average molecular weight is 437 g/mol. The number of rotatable bonds is 10. The molecule has 0 aliphatic carbocycles. The van der Waals surface area contributed by atoms with E-state index < -0.39 is 0 Å². The summed E-state index contributed by atoms with van der Waals surface area (Å²) in [5.74, 6) is 1.05. The maximum Gasteiger partial charge on any atom is 0.224 e. The molecule has 7 heteroatoms. The summed E-state index contributed by atoms with van der Waals surface area (Å²) in [4.78, 5) is 24.6. The predicted molar refractivity (Wildman–Crippen MR) is 125 cm³/mol. The maximum atomic E-state index is 12.7. The molecule has 1 N–H and O–H groups in total. The van der Waals surface area contributed by atoms with Gasteiger partial charge in [-0.3, -0.25) is 14.2 Å². The van der Waals surface area contributed by atoms with E-state index in [9.17, 15) is 9.59 Å². The van der Waals surface area contributed by atoms with Gasteiger partial charge >= 0.3 is 0 Å². The molecule has 3 rings (SSSR count). The van der Waals surface area contributed by atoms with Gasteiger partial charge in [0.25, 0.3) is 0 Å². The van der Waals surface area contributed by atoms with Crippen molar-refractivity contribution in [2.45, 2.75) is 51.6 Å². The number of anilines is 1. The maximum absolute atomic E-state index is 12.7. The smallest absolute Gasteiger partial charge is 0.224 e. The van der Waals surface area contributed by atoms with Crippen molar-refractivity contribution in [3.05, 3.63) is 65.5 Å². The van der Waals surface area contributed by atoms with Crippen LogP contribution in [0.5, 0.6) is 0 Å². The number of carbonyl (C=O) groups excluding carboxylic acids is 2. The Morgan fingerprint density at radius 1 is 1.00 bits per heavy atom. The molecular weight excluding hydrogens is 408 g/mol. The molecule has 0 fully saturated rings. The molecule has 0 spiro atoms. The van der Waals surface area contributed by atoms with Crippen LogP contribution in [0.3, 0.4) is 0 Å². The quantitative estimate of drug-likeness (QED) is 0.262. The molecule has 6 nitrogen and oxygen atoms in total. The number of thioether (sulfide) groups is 1. The van der Waals surface area contributed by atoms with Gasteiger partial charge < -0.3 is 5.32 Å². The number of benzene rings is 2. The van der Waals surface area contributed by atoms with Crippen LogP contribution in [-0.4, -0.2) is 32.2 Å². The highest BCUT2D eigenvalue weighted by Crippen LogP contribution is 2.24. The first-order valence-corrected chi connectivity index (χ1v) is 11.5. The number of aromatic nitrogens is 3. The second-order valence-electron chi connectivity index (χ2n) is 7.45. The average Bonchev–Trinajstić information content (AvgIpc) is 3.13. The third-order valence-corrected chi connectivity index (χ3v) is 5.91. The minimum atomic E-state index is 0.00260. The molecule has 2 aromatic carbocycles. The summed E-state index contributed by atoms with van der Waals surface area (Å²) in [6.07, 6.45) is 3.55. The van der Waals surface area contributed by atoms with Crippen molar-refractivity contribution < 1.29 is 9.59 Å². The van der Waals surface area contributed by atoms with Gasteiger partial charge in [-0.1, -0.05) is 49.7 Å². The first-order valence-electron chi connectivity index (χ1n) is 10.5. The number of nitrogens with one attached hydrogen (secondary N) is 1. The fourth-order valence-electron chi connectivity index (χ4n) is 3.24. The van der Waals surface area contributed by atoms with Crippen molar-refractivity contribution in [2.75, 3.05) is 11.1 Å². The van der Waals surface area contributed by atoms with E-state index in [1.54, 1.807) is 24.3 Å². The van der Waals surface area contributed by atoms with Crippen molar-refractivity contribution in [3.8, 4) is 5.69 Å². The van der Waals surface area contributed by atoms with E-state index in [4.69, 9.17) is 0 Å². The van der Waals surface area contributed by atoms with Crippen LogP contribution in [-0.2, 0) is 4.79 Å². The lowest BCUT2D eigenvalue weighted by Crippen LogP contribution is -2.11.